The van der Waals surface area contributed by atoms with Gasteiger partial charge in [0.2, 0.25) is 0 Å². The molecule has 0 aliphatic carbocycles. The number of rotatable bonds is 7. The SMILES string of the molecule is COc1cc(C=C2C(=O)NC(=S)NC2=O)ccc1OCCOc1cc(C)ccc1C. The molecule has 1 saturated heterocycles. The molecule has 156 valence electrons. The van der Waals surface area contributed by atoms with E-state index in [-0.39, 0.29) is 10.7 Å². The van der Waals surface area contributed by atoms with Crippen LogP contribution >= 0.6 is 12.2 Å². The molecule has 1 heterocycles. The summed E-state index contributed by atoms with van der Waals surface area (Å²) >= 11 is 4.79. The first-order chi connectivity index (χ1) is 14.4. The summed E-state index contributed by atoms with van der Waals surface area (Å²) in [5.74, 6) is 0.737. The van der Waals surface area contributed by atoms with Crippen LogP contribution in [-0.4, -0.2) is 37.3 Å². The van der Waals surface area contributed by atoms with Crippen molar-refractivity contribution < 1.29 is 23.8 Å². The van der Waals surface area contributed by atoms with Crippen molar-refractivity contribution in [1.82, 2.24) is 10.6 Å². The predicted molar refractivity (Wildman–Crippen MR) is 117 cm³/mol. The Labute approximate surface area is 180 Å². The minimum Gasteiger partial charge on any atom is -0.493 e. The van der Waals surface area contributed by atoms with E-state index in [9.17, 15) is 9.59 Å². The minimum atomic E-state index is -0.549. The molecule has 2 aromatic rings. The molecule has 0 aromatic heterocycles. The van der Waals surface area contributed by atoms with E-state index in [0.29, 0.717) is 30.3 Å². The Morgan fingerprint density at radius 3 is 2.23 bits per heavy atom. The Balaban J connectivity index is 1.65. The fourth-order valence-electron chi connectivity index (χ4n) is 2.83. The van der Waals surface area contributed by atoms with Gasteiger partial charge in [-0.1, -0.05) is 18.2 Å². The molecule has 3 rings (SSSR count). The van der Waals surface area contributed by atoms with Gasteiger partial charge in [-0.05, 0) is 67.0 Å². The summed E-state index contributed by atoms with van der Waals surface area (Å²) in [4.78, 5) is 24.0. The molecule has 8 heteroatoms. The van der Waals surface area contributed by atoms with Gasteiger partial charge in [-0.2, -0.15) is 0 Å². The van der Waals surface area contributed by atoms with Gasteiger partial charge in [0, 0.05) is 0 Å². The highest BCUT2D eigenvalue weighted by molar-refractivity contribution is 7.80. The van der Waals surface area contributed by atoms with Gasteiger partial charge in [0.05, 0.1) is 7.11 Å². The number of aryl methyl sites for hydroxylation is 2. The van der Waals surface area contributed by atoms with Crippen LogP contribution < -0.4 is 24.8 Å². The third-order valence-electron chi connectivity index (χ3n) is 4.38. The molecule has 0 spiro atoms. The van der Waals surface area contributed by atoms with E-state index in [1.165, 1.54) is 13.2 Å². The van der Waals surface area contributed by atoms with E-state index in [0.717, 1.165) is 16.9 Å². The van der Waals surface area contributed by atoms with Gasteiger partial charge in [0.15, 0.2) is 16.6 Å². The summed E-state index contributed by atoms with van der Waals surface area (Å²) in [6, 6.07) is 11.2. The first kappa shape index (κ1) is 21.3. The first-order valence-electron chi connectivity index (χ1n) is 9.26. The summed E-state index contributed by atoms with van der Waals surface area (Å²) in [6.45, 7) is 4.71. The zero-order chi connectivity index (χ0) is 21.7. The highest BCUT2D eigenvalue weighted by atomic mass is 32.1. The number of benzene rings is 2. The maximum atomic E-state index is 12.0. The van der Waals surface area contributed by atoms with E-state index >= 15 is 0 Å². The molecule has 2 amide bonds. The largest absolute Gasteiger partial charge is 0.493 e. The quantitative estimate of drug-likeness (QED) is 0.306. The number of hydrogen-bond donors (Lipinski definition) is 2. The number of nitrogens with one attached hydrogen (secondary N) is 2. The Morgan fingerprint density at radius 1 is 0.900 bits per heavy atom. The average Bonchev–Trinajstić information content (AvgIpc) is 2.71. The van der Waals surface area contributed by atoms with Crippen molar-refractivity contribution in [2.45, 2.75) is 13.8 Å². The predicted octanol–water partition coefficient (Wildman–Crippen LogP) is 2.68. The molecule has 0 unspecified atom stereocenters. The van der Waals surface area contributed by atoms with E-state index in [4.69, 9.17) is 26.4 Å². The lowest BCUT2D eigenvalue weighted by Crippen LogP contribution is -2.51. The topological polar surface area (TPSA) is 85.9 Å². The van der Waals surface area contributed by atoms with Crippen LogP contribution in [0.2, 0.25) is 0 Å². The van der Waals surface area contributed by atoms with Crippen LogP contribution in [0.15, 0.2) is 42.0 Å². The fourth-order valence-corrected chi connectivity index (χ4v) is 3.02. The molecule has 2 N–H and O–H groups in total. The maximum Gasteiger partial charge on any atom is 0.263 e. The first-order valence-corrected chi connectivity index (χ1v) is 9.67. The summed E-state index contributed by atoms with van der Waals surface area (Å²) in [5, 5.41) is 4.79. The van der Waals surface area contributed by atoms with Crippen LogP contribution in [0.3, 0.4) is 0 Å². The molecule has 0 saturated carbocycles. The van der Waals surface area contributed by atoms with Crippen molar-refractivity contribution in [3.05, 3.63) is 58.7 Å². The maximum absolute atomic E-state index is 12.0. The van der Waals surface area contributed by atoms with Gasteiger partial charge in [0.25, 0.3) is 11.8 Å². The Hall–Kier alpha value is -3.39. The summed E-state index contributed by atoms with van der Waals surface area (Å²) in [6.07, 6.45) is 1.46. The third-order valence-corrected chi connectivity index (χ3v) is 4.59. The Kier molecular flexibility index (Phi) is 6.68. The van der Waals surface area contributed by atoms with Gasteiger partial charge in [-0.25, -0.2) is 0 Å². The van der Waals surface area contributed by atoms with Gasteiger partial charge < -0.3 is 14.2 Å². The second kappa shape index (κ2) is 9.41. The second-order valence-electron chi connectivity index (χ2n) is 6.67. The van der Waals surface area contributed by atoms with Crippen molar-refractivity contribution in [2.75, 3.05) is 20.3 Å². The lowest BCUT2D eigenvalue weighted by molar-refractivity contribution is -0.123. The van der Waals surface area contributed by atoms with Gasteiger partial charge in [0.1, 0.15) is 24.5 Å². The van der Waals surface area contributed by atoms with Crippen LogP contribution in [0.1, 0.15) is 16.7 Å². The Morgan fingerprint density at radius 2 is 1.57 bits per heavy atom. The zero-order valence-electron chi connectivity index (χ0n) is 16.9. The molecule has 2 aromatic carbocycles. The molecule has 1 aliphatic rings. The normalized spacial score (nSPS) is 13.4. The monoisotopic (exact) mass is 426 g/mol. The number of ether oxygens (including phenoxy) is 3. The molecule has 30 heavy (non-hydrogen) atoms. The molecule has 7 nitrogen and oxygen atoms in total. The van der Waals surface area contributed by atoms with Crippen molar-refractivity contribution in [3.8, 4) is 17.2 Å². The number of hydrogen-bond acceptors (Lipinski definition) is 6. The molecule has 1 fully saturated rings. The summed E-state index contributed by atoms with van der Waals surface area (Å²) < 4.78 is 16.9. The van der Waals surface area contributed by atoms with Crippen LogP contribution in [-0.2, 0) is 9.59 Å². The third kappa shape index (κ3) is 5.15. The van der Waals surface area contributed by atoms with Crippen molar-refractivity contribution in [2.24, 2.45) is 0 Å². The number of carbonyl (C=O) groups excluding carboxylic acids is 2. The summed E-state index contributed by atoms with van der Waals surface area (Å²) in [5.41, 5.74) is 2.76. The van der Waals surface area contributed by atoms with E-state index in [1.807, 2.05) is 32.0 Å². The van der Waals surface area contributed by atoms with E-state index < -0.39 is 11.8 Å². The molecule has 0 bridgehead atoms. The van der Waals surface area contributed by atoms with Crippen LogP contribution in [0.25, 0.3) is 6.08 Å². The Bertz CT molecular complexity index is 1010. The lowest BCUT2D eigenvalue weighted by atomic mass is 10.1. The highest BCUT2D eigenvalue weighted by Gasteiger charge is 2.25. The molecular weight excluding hydrogens is 404 g/mol. The second-order valence-corrected chi connectivity index (χ2v) is 7.08. The highest BCUT2D eigenvalue weighted by Crippen LogP contribution is 2.29. The van der Waals surface area contributed by atoms with Crippen LogP contribution in [0, 0.1) is 13.8 Å². The average molecular weight is 426 g/mol. The smallest absolute Gasteiger partial charge is 0.263 e. The number of methoxy groups -OCH3 is 1. The molecule has 0 atom stereocenters. The number of carbonyl (C=O) groups is 2. The van der Waals surface area contributed by atoms with E-state index in [1.54, 1.807) is 18.2 Å². The van der Waals surface area contributed by atoms with E-state index in [2.05, 4.69) is 10.6 Å². The van der Waals surface area contributed by atoms with Crippen LogP contribution in [0.4, 0.5) is 0 Å². The minimum absolute atomic E-state index is 0.00782. The summed E-state index contributed by atoms with van der Waals surface area (Å²) in [7, 11) is 1.52. The van der Waals surface area contributed by atoms with Gasteiger partial charge in [-0.3, -0.25) is 20.2 Å². The van der Waals surface area contributed by atoms with Crippen molar-refractivity contribution in [3.63, 3.8) is 0 Å². The zero-order valence-corrected chi connectivity index (χ0v) is 17.7. The van der Waals surface area contributed by atoms with Gasteiger partial charge >= 0.3 is 0 Å². The number of amides is 2. The van der Waals surface area contributed by atoms with Gasteiger partial charge in [-0.15, -0.1) is 0 Å². The molecule has 1 aliphatic heterocycles. The van der Waals surface area contributed by atoms with Crippen molar-refractivity contribution in [1.29, 1.82) is 0 Å². The lowest BCUT2D eigenvalue weighted by Gasteiger charge is -2.16. The fraction of sp³-hybridized carbons (Fsp3) is 0.227. The molecule has 0 radical (unpaired) electrons. The van der Waals surface area contributed by atoms with Crippen LogP contribution in [0.5, 0.6) is 17.2 Å². The standard InChI is InChI=1S/C22H22N2O5S/c1-13-4-5-14(2)18(10-13)29-9-8-28-17-7-6-15(12-19(17)27-3)11-16-20(25)23-22(30)24-21(16)26/h4-7,10-12H,8-9H2,1-3H3,(H2,23,24,25,26,30). The molecular formula is C22H22N2O5S. The number of thiocarbonyl (C=S) groups is 1. The van der Waals surface area contributed by atoms with Crippen molar-refractivity contribution >= 4 is 35.2 Å².